The Bertz CT molecular complexity index is 931. The van der Waals surface area contributed by atoms with Crippen molar-refractivity contribution in [3.63, 3.8) is 0 Å². The minimum atomic E-state index is -0.246. The van der Waals surface area contributed by atoms with Gasteiger partial charge in [-0.2, -0.15) is 5.10 Å². The molecule has 1 aromatic carbocycles. The molecule has 3 rings (SSSR count). The molecule has 0 aliphatic heterocycles. The molecule has 0 aliphatic carbocycles. The van der Waals surface area contributed by atoms with Crippen LogP contribution in [-0.2, 0) is 24.2 Å². The van der Waals surface area contributed by atoms with Crippen LogP contribution in [0.2, 0.25) is 0 Å². The molecule has 7 heteroatoms. The Hall–Kier alpha value is -2.54. The van der Waals surface area contributed by atoms with Crippen LogP contribution in [0.4, 0.5) is 0 Å². The van der Waals surface area contributed by atoms with Crippen molar-refractivity contribution >= 4 is 28.0 Å². The van der Waals surface area contributed by atoms with Crippen LogP contribution >= 0.6 is 11.3 Å². The summed E-state index contributed by atoms with van der Waals surface area (Å²) in [6.45, 7) is 2.53. The van der Waals surface area contributed by atoms with Crippen molar-refractivity contribution in [1.29, 1.82) is 0 Å². The number of benzene rings is 1. The number of rotatable bonds is 5. The Morgan fingerprint density at radius 1 is 1.29 bits per heavy atom. The summed E-state index contributed by atoms with van der Waals surface area (Å²) < 4.78 is 0. The number of amides is 1. The summed E-state index contributed by atoms with van der Waals surface area (Å²) >= 11 is 1.61. The third-order valence-corrected chi connectivity index (χ3v) is 4.86. The van der Waals surface area contributed by atoms with E-state index in [1.165, 1.54) is 0 Å². The molecule has 0 saturated heterocycles. The molecule has 0 radical (unpaired) electrons. The number of aromatic nitrogens is 3. The summed E-state index contributed by atoms with van der Waals surface area (Å²) in [5.41, 5.74) is 1.23. The molecule has 1 N–H and O–H groups in total. The number of thiazole rings is 1. The van der Waals surface area contributed by atoms with Gasteiger partial charge in [0.2, 0.25) is 5.91 Å². The lowest BCUT2D eigenvalue weighted by Crippen LogP contribution is -2.28. The fourth-order valence-corrected chi connectivity index (χ4v) is 3.24. The van der Waals surface area contributed by atoms with Crippen LogP contribution in [0.1, 0.15) is 23.3 Å². The zero-order chi connectivity index (χ0) is 17.1. The number of hydrogen-bond donors (Lipinski definition) is 1. The van der Waals surface area contributed by atoms with Gasteiger partial charge >= 0.3 is 0 Å². The first-order valence-corrected chi connectivity index (χ1v) is 8.60. The second-order valence-corrected chi connectivity index (χ2v) is 6.50. The first-order chi connectivity index (χ1) is 11.6. The van der Waals surface area contributed by atoms with Crippen molar-refractivity contribution in [3.8, 4) is 0 Å². The Morgan fingerprint density at radius 2 is 2.04 bits per heavy atom. The molecule has 2 aromatic heterocycles. The highest BCUT2D eigenvalue weighted by molar-refractivity contribution is 7.09. The normalized spacial score (nSPS) is 10.9. The summed E-state index contributed by atoms with van der Waals surface area (Å²) in [5, 5.41) is 10.8. The molecule has 1 amide bonds. The van der Waals surface area contributed by atoms with Crippen LogP contribution in [0.3, 0.4) is 0 Å². The molecule has 0 bridgehead atoms. The molecule has 6 nitrogen and oxygen atoms in total. The van der Waals surface area contributed by atoms with E-state index in [0.29, 0.717) is 23.0 Å². The molecule has 2 heterocycles. The zero-order valence-corrected chi connectivity index (χ0v) is 14.4. The molecule has 0 aliphatic rings. The first-order valence-electron chi connectivity index (χ1n) is 7.72. The Kier molecular flexibility index (Phi) is 4.71. The van der Waals surface area contributed by atoms with E-state index in [4.69, 9.17) is 0 Å². The average molecular weight is 342 g/mol. The predicted molar refractivity (Wildman–Crippen MR) is 94.0 cm³/mol. The molecule has 0 unspecified atom stereocenters. The Balaban J connectivity index is 1.77. The van der Waals surface area contributed by atoms with E-state index < -0.39 is 0 Å². The minimum absolute atomic E-state index is 0.0641. The van der Waals surface area contributed by atoms with Crippen LogP contribution in [0.5, 0.6) is 0 Å². The number of carbonyl (C=O) groups is 1. The van der Waals surface area contributed by atoms with Crippen molar-refractivity contribution in [2.24, 2.45) is 0 Å². The fraction of sp³-hybridized carbons (Fsp3) is 0.294. The monoisotopic (exact) mass is 342 g/mol. The maximum Gasteiger partial charge on any atom is 0.272 e. The van der Waals surface area contributed by atoms with E-state index in [2.05, 4.69) is 22.1 Å². The second-order valence-electron chi connectivity index (χ2n) is 5.56. The van der Waals surface area contributed by atoms with Gasteiger partial charge in [0.1, 0.15) is 0 Å². The zero-order valence-electron chi connectivity index (χ0n) is 13.6. The fourth-order valence-electron chi connectivity index (χ4n) is 2.50. The van der Waals surface area contributed by atoms with E-state index >= 15 is 0 Å². The highest BCUT2D eigenvalue weighted by Crippen LogP contribution is 2.15. The largest absolute Gasteiger partial charge is 0.339 e. The average Bonchev–Trinajstić information content (AvgIpc) is 3.05. The van der Waals surface area contributed by atoms with Gasteiger partial charge in [0.25, 0.3) is 5.56 Å². The van der Waals surface area contributed by atoms with Gasteiger partial charge in [-0.3, -0.25) is 9.59 Å². The van der Waals surface area contributed by atoms with Gasteiger partial charge in [0.15, 0.2) is 0 Å². The highest BCUT2D eigenvalue weighted by Gasteiger charge is 2.15. The summed E-state index contributed by atoms with van der Waals surface area (Å²) in [7, 11) is 1.75. The third kappa shape index (κ3) is 3.35. The van der Waals surface area contributed by atoms with Crippen LogP contribution in [0.25, 0.3) is 10.8 Å². The number of H-pyrrole nitrogens is 1. The quantitative estimate of drug-likeness (QED) is 0.770. The number of nitrogens with zero attached hydrogens (tertiary/aromatic N) is 3. The summed E-state index contributed by atoms with van der Waals surface area (Å²) in [4.78, 5) is 30.4. The molecule has 0 atom stereocenters. The van der Waals surface area contributed by atoms with E-state index in [0.717, 1.165) is 17.1 Å². The number of likely N-dealkylation sites (N-methyl/N-ethyl adjacent to an activating group) is 1. The van der Waals surface area contributed by atoms with E-state index in [9.17, 15) is 9.59 Å². The van der Waals surface area contributed by atoms with Gasteiger partial charge in [-0.25, -0.2) is 10.1 Å². The minimum Gasteiger partial charge on any atom is -0.339 e. The van der Waals surface area contributed by atoms with Gasteiger partial charge in [0, 0.05) is 17.8 Å². The lowest BCUT2D eigenvalue weighted by atomic mass is 10.1. The molecule has 3 aromatic rings. The van der Waals surface area contributed by atoms with Gasteiger partial charge in [-0.05, 0) is 12.5 Å². The van der Waals surface area contributed by atoms with Gasteiger partial charge in [-0.1, -0.05) is 25.1 Å². The number of aryl methyl sites for hydroxylation is 1. The van der Waals surface area contributed by atoms with Crippen LogP contribution in [0, 0.1) is 0 Å². The van der Waals surface area contributed by atoms with Gasteiger partial charge in [-0.15, -0.1) is 11.3 Å². The first kappa shape index (κ1) is 16.3. The standard InChI is InChI=1S/C17H18N4O2S/c1-3-15-18-11(10-24-15)9-21(2)16(22)8-14-12-6-4-5-7-13(12)17(23)20-19-14/h4-7,10H,3,8-9H2,1-2H3,(H,20,23). The van der Waals surface area contributed by atoms with Crippen molar-refractivity contribution in [2.75, 3.05) is 7.05 Å². The second kappa shape index (κ2) is 6.92. The molecule has 24 heavy (non-hydrogen) atoms. The van der Waals surface area contributed by atoms with Crippen molar-refractivity contribution in [3.05, 3.63) is 56.4 Å². The van der Waals surface area contributed by atoms with Gasteiger partial charge in [0.05, 0.1) is 34.7 Å². The highest BCUT2D eigenvalue weighted by atomic mass is 32.1. The molecular weight excluding hydrogens is 324 g/mol. The summed E-state index contributed by atoms with van der Waals surface area (Å²) in [6.07, 6.45) is 1.04. The maximum absolute atomic E-state index is 12.5. The topological polar surface area (TPSA) is 79.0 Å². The SMILES string of the molecule is CCc1nc(CN(C)C(=O)Cc2n[nH]c(=O)c3ccccc23)cs1. The van der Waals surface area contributed by atoms with E-state index in [1.54, 1.807) is 35.4 Å². The van der Waals surface area contributed by atoms with Crippen molar-refractivity contribution in [1.82, 2.24) is 20.1 Å². The molecule has 124 valence electrons. The van der Waals surface area contributed by atoms with Gasteiger partial charge < -0.3 is 4.90 Å². The van der Waals surface area contributed by atoms with Crippen molar-refractivity contribution < 1.29 is 4.79 Å². The third-order valence-electron chi connectivity index (χ3n) is 3.82. The van der Waals surface area contributed by atoms with Crippen molar-refractivity contribution in [2.45, 2.75) is 26.3 Å². The maximum atomic E-state index is 12.5. The molecule has 0 spiro atoms. The number of carbonyl (C=O) groups excluding carboxylic acids is 1. The van der Waals surface area contributed by atoms with Crippen LogP contribution in [-0.4, -0.2) is 33.0 Å². The lowest BCUT2D eigenvalue weighted by molar-refractivity contribution is -0.129. The molecular formula is C17H18N4O2S. The number of hydrogen-bond acceptors (Lipinski definition) is 5. The van der Waals surface area contributed by atoms with E-state index in [1.807, 2.05) is 17.5 Å². The summed E-state index contributed by atoms with van der Waals surface area (Å²) in [6, 6.07) is 7.18. The van der Waals surface area contributed by atoms with E-state index in [-0.39, 0.29) is 17.9 Å². The Labute approximate surface area is 143 Å². The van der Waals surface area contributed by atoms with Crippen LogP contribution < -0.4 is 5.56 Å². The smallest absolute Gasteiger partial charge is 0.272 e. The van der Waals surface area contributed by atoms with Crippen LogP contribution in [0.15, 0.2) is 34.4 Å². The predicted octanol–water partition coefficient (Wildman–Crippen LogP) is 2.14. The number of aromatic amines is 1. The lowest BCUT2D eigenvalue weighted by Gasteiger charge is -2.16. The number of fused-ring (bicyclic) bond motifs is 1. The molecule has 0 saturated carbocycles. The Morgan fingerprint density at radius 3 is 2.75 bits per heavy atom. The molecule has 0 fully saturated rings. The summed E-state index contributed by atoms with van der Waals surface area (Å²) in [5.74, 6) is -0.0641. The number of nitrogens with one attached hydrogen (secondary N) is 1.